The van der Waals surface area contributed by atoms with Gasteiger partial charge in [-0.15, -0.1) is 0 Å². The zero-order chi connectivity index (χ0) is 15.2. The Balaban J connectivity index is 1.81. The normalized spacial score (nSPS) is 12.6. The molecule has 0 aliphatic heterocycles. The molecule has 2 aromatic heterocycles. The molecule has 1 atom stereocenters. The number of aliphatic carboxylic acids is 1. The number of aromatic nitrogens is 4. The Morgan fingerprint density at radius 3 is 2.86 bits per heavy atom. The first-order valence-corrected chi connectivity index (χ1v) is 7.27. The standard InChI is InChI=1S/C14H21N5O2/c1-2-10(14(20)21)6-4-3-5-7-19-9-18-11-12(15)16-8-17-13(11)19/h8-10H,2-7H2,1H3,(H,20,21)(H2,15,16,17). The van der Waals surface area contributed by atoms with Crippen LogP contribution in [-0.2, 0) is 11.3 Å². The van der Waals surface area contributed by atoms with Gasteiger partial charge in [-0.1, -0.05) is 19.8 Å². The number of unbranched alkanes of at least 4 members (excludes halogenated alkanes) is 2. The highest BCUT2D eigenvalue weighted by Gasteiger charge is 2.14. The van der Waals surface area contributed by atoms with Gasteiger partial charge in [0.15, 0.2) is 11.5 Å². The lowest BCUT2D eigenvalue weighted by Gasteiger charge is -2.09. The van der Waals surface area contributed by atoms with Crippen LogP contribution in [0.25, 0.3) is 11.2 Å². The van der Waals surface area contributed by atoms with Gasteiger partial charge in [-0.3, -0.25) is 4.79 Å². The van der Waals surface area contributed by atoms with Crippen LogP contribution in [0.4, 0.5) is 5.82 Å². The van der Waals surface area contributed by atoms with Gasteiger partial charge < -0.3 is 15.4 Å². The number of carboxylic acids is 1. The largest absolute Gasteiger partial charge is 0.481 e. The third-order valence-electron chi connectivity index (χ3n) is 3.72. The first-order valence-electron chi connectivity index (χ1n) is 7.27. The lowest BCUT2D eigenvalue weighted by Crippen LogP contribution is -2.12. The first kappa shape index (κ1) is 15.2. The molecule has 0 radical (unpaired) electrons. The van der Waals surface area contributed by atoms with Crippen molar-refractivity contribution in [3.8, 4) is 0 Å². The molecule has 1 unspecified atom stereocenters. The molecule has 0 aromatic carbocycles. The Hall–Kier alpha value is -2.18. The lowest BCUT2D eigenvalue weighted by molar-refractivity contribution is -0.142. The number of imidazole rings is 1. The fourth-order valence-electron chi connectivity index (χ4n) is 2.41. The molecule has 0 aliphatic carbocycles. The zero-order valence-corrected chi connectivity index (χ0v) is 12.2. The molecule has 0 saturated heterocycles. The minimum absolute atomic E-state index is 0.216. The Morgan fingerprint density at radius 1 is 1.33 bits per heavy atom. The summed E-state index contributed by atoms with van der Waals surface area (Å²) < 4.78 is 1.96. The van der Waals surface area contributed by atoms with Gasteiger partial charge in [0.2, 0.25) is 0 Å². The van der Waals surface area contributed by atoms with Gasteiger partial charge in [0.25, 0.3) is 0 Å². The van der Waals surface area contributed by atoms with Gasteiger partial charge in [0, 0.05) is 6.54 Å². The third-order valence-corrected chi connectivity index (χ3v) is 3.72. The zero-order valence-electron chi connectivity index (χ0n) is 12.2. The van der Waals surface area contributed by atoms with E-state index in [1.165, 1.54) is 6.33 Å². The summed E-state index contributed by atoms with van der Waals surface area (Å²) in [6.45, 7) is 2.72. The summed E-state index contributed by atoms with van der Waals surface area (Å²) in [5.41, 5.74) is 7.12. The summed E-state index contributed by atoms with van der Waals surface area (Å²) in [5.74, 6) is -0.511. The van der Waals surface area contributed by atoms with Gasteiger partial charge in [-0.05, 0) is 19.3 Å². The van der Waals surface area contributed by atoms with Crippen molar-refractivity contribution in [3.63, 3.8) is 0 Å². The van der Waals surface area contributed by atoms with Gasteiger partial charge >= 0.3 is 5.97 Å². The third kappa shape index (κ3) is 3.68. The van der Waals surface area contributed by atoms with Gasteiger partial charge in [-0.2, -0.15) is 0 Å². The second kappa shape index (κ2) is 7.01. The van der Waals surface area contributed by atoms with Crippen LogP contribution >= 0.6 is 0 Å². The number of nitrogens with two attached hydrogens (primary N) is 1. The van der Waals surface area contributed by atoms with E-state index in [4.69, 9.17) is 10.8 Å². The van der Waals surface area contributed by atoms with E-state index in [-0.39, 0.29) is 5.92 Å². The van der Waals surface area contributed by atoms with Crippen LogP contribution in [0.5, 0.6) is 0 Å². The molecule has 0 bridgehead atoms. The highest BCUT2D eigenvalue weighted by atomic mass is 16.4. The molecule has 2 heterocycles. The molecule has 2 aromatic rings. The minimum Gasteiger partial charge on any atom is -0.481 e. The van der Waals surface area contributed by atoms with Crippen molar-refractivity contribution in [2.75, 3.05) is 5.73 Å². The number of hydrogen-bond acceptors (Lipinski definition) is 5. The minimum atomic E-state index is -0.690. The molecule has 0 amide bonds. The monoisotopic (exact) mass is 291 g/mol. The predicted octanol–water partition coefficient (Wildman–Crippen LogP) is 2.08. The summed E-state index contributed by atoms with van der Waals surface area (Å²) in [4.78, 5) is 23.2. The van der Waals surface area contributed by atoms with Crippen molar-refractivity contribution >= 4 is 23.0 Å². The highest BCUT2D eigenvalue weighted by molar-refractivity contribution is 5.81. The molecule has 0 spiro atoms. The number of carbonyl (C=O) groups is 1. The maximum atomic E-state index is 10.9. The summed E-state index contributed by atoms with van der Waals surface area (Å²) in [6, 6.07) is 0. The smallest absolute Gasteiger partial charge is 0.306 e. The second-order valence-electron chi connectivity index (χ2n) is 5.16. The van der Waals surface area contributed by atoms with Gasteiger partial charge in [0.1, 0.15) is 11.8 Å². The molecule has 3 N–H and O–H groups in total. The molecule has 0 fully saturated rings. The van der Waals surface area contributed by atoms with E-state index in [2.05, 4.69) is 15.0 Å². The maximum Gasteiger partial charge on any atom is 0.306 e. The van der Waals surface area contributed by atoms with E-state index in [9.17, 15) is 4.79 Å². The van der Waals surface area contributed by atoms with Crippen molar-refractivity contribution in [3.05, 3.63) is 12.7 Å². The topological polar surface area (TPSA) is 107 Å². The van der Waals surface area contributed by atoms with Crippen molar-refractivity contribution < 1.29 is 9.90 Å². The van der Waals surface area contributed by atoms with Gasteiger partial charge in [-0.25, -0.2) is 15.0 Å². The Morgan fingerprint density at radius 2 is 2.14 bits per heavy atom. The molecule has 7 nitrogen and oxygen atoms in total. The van der Waals surface area contributed by atoms with Crippen LogP contribution < -0.4 is 5.73 Å². The molecule has 21 heavy (non-hydrogen) atoms. The number of nitrogens with zero attached hydrogens (tertiary/aromatic N) is 4. The molecule has 7 heteroatoms. The fourth-order valence-corrected chi connectivity index (χ4v) is 2.41. The van der Waals surface area contributed by atoms with Crippen molar-refractivity contribution in [2.24, 2.45) is 5.92 Å². The predicted molar refractivity (Wildman–Crippen MR) is 79.6 cm³/mol. The number of nitrogen functional groups attached to an aromatic ring is 1. The quantitative estimate of drug-likeness (QED) is 0.721. The summed E-state index contributed by atoms with van der Waals surface area (Å²) in [7, 11) is 0. The molecular weight excluding hydrogens is 270 g/mol. The SMILES string of the molecule is CCC(CCCCCn1cnc2c(N)ncnc21)C(=O)O. The first-order chi connectivity index (χ1) is 10.1. The molecule has 0 saturated carbocycles. The molecule has 2 rings (SSSR count). The van der Waals surface area contributed by atoms with Crippen LogP contribution in [0.1, 0.15) is 39.0 Å². The average molecular weight is 291 g/mol. The lowest BCUT2D eigenvalue weighted by atomic mass is 9.99. The summed E-state index contributed by atoms with van der Waals surface area (Å²) in [5, 5.41) is 8.99. The van der Waals surface area contributed by atoms with Crippen LogP contribution in [0.15, 0.2) is 12.7 Å². The van der Waals surface area contributed by atoms with Crippen molar-refractivity contribution in [1.29, 1.82) is 0 Å². The maximum absolute atomic E-state index is 10.9. The number of aryl methyl sites for hydroxylation is 1. The van der Waals surface area contributed by atoms with Crippen LogP contribution in [-0.4, -0.2) is 30.6 Å². The van der Waals surface area contributed by atoms with E-state index in [1.54, 1.807) is 6.33 Å². The van der Waals surface area contributed by atoms with E-state index in [0.29, 0.717) is 17.8 Å². The van der Waals surface area contributed by atoms with E-state index in [1.807, 2.05) is 11.5 Å². The Kier molecular flexibility index (Phi) is 5.08. The van der Waals surface area contributed by atoms with E-state index < -0.39 is 5.97 Å². The Bertz CT molecular complexity index is 610. The van der Waals surface area contributed by atoms with E-state index in [0.717, 1.165) is 37.9 Å². The molecule has 114 valence electrons. The highest BCUT2D eigenvalue weighted by Crippen LogP contribution is 2.17. The molecule has 0 aliphatic rings. The van der Waals surface area contributed by atoms with Gasteiger partial charge in [0.05, 0.1) is 12.2 Å². The number of fused-ring (bicyclic) bond motifs is 1. The number of hydrogen-bond donors (Lipinski definition) is 2. The second-order valence-corrected chi connectivity index (χ2v) is 5.16. The number of rotatable bonds is 8. The van der Waals surface area contributed by atoms with Crippen LogP contribution in [0.3, 0.4) is 0 Å². The van der Waals surface area contributed by atoms with Crippen LogP contribution in [0, 0.1) is 5.92 Å². The summed E-state index contributed by atoms with van der Waals surface area (Å²) >= 11 is 0. The van der Waals surface area contributed by atoms with E-state index >= 15 is 0 Å². The van der Waals surface area contributed by atoms with Crippen LogP contribution in [0.2, 0.25) is 0 Å². The fraction of sp³-hybridized carbons (Fsp3) is 0.571. The number of anilines is 1. The molecular formula is C14H21N5O2. The Labute approximate surface area is 123 Å². The van der Waals surface area contributed by atoms with Crippen molar-refractivity contribution in [1.82, 2.24) is 19.5 Å². The summed E-state index contributed by atoms with van der Waals surface area (Å²) in [6.07, 6.45) is 7.48. The van der Waals surface area contributed by atoms with Crippen molar-refractivity contribution in [2.45, 2.75) is 45.6 Å². The average Bonchev–Trinajstić information content (AvgIpc) is 2.87. The number of carboxylic acid groups (broad SMARTS) is 1.